The van der Waals surface area contributed by atoms with Gasteiger partial charge < -0.3 is 14.9 Å². The minimum atomic E-state index is -0.0217. The first-order valence-electron chi connectivity index (χ1n) is 6.67. The van der Waals surface area contributed by atoms with Gasteiger partial charge in [0.15, 0.2) is 0 Å². The summed E-state index contributed by atoms with van der Waals surface area (Å²) in [5.41, 5.74) is 2.38. The smallest absolute Gasteiger partial charge is 0.101 e. The zero-order valence-electron chi connectivity index (χ0n) is 11.6. The van der Waals surface area contributed by atoms with Gasteiger partial charge in [0.2, 0.25) is 0 Å². The van der Waals surface area contributed by atoms with Gasteiger partial charge in [0.05, 0.1) is 17.9 Å². The standard InChI is InChI=1S/C15H21N3O/c1-17-6-5-13(9-17)10-18(2)15-4-3-12(11-19)7-14(15)8-16/h3-4,7,13,19H,5-6,9-11H2,1-2H3. The molecule has 1 aromatic carbocycles. The van der Waals surface area contributed by atoms with E-state index in [2.05, 4.69) is 22.9 Å². The Morgan fingerprint density at radius 3 is 2.89 bits per heavy atom. The van der Waals surface area contributed by atoms with E-state index in [1.54, 1.807) is 6.07 Å². The van der Waals surface area contributed by atoms with Crippen molar-refractivity contribution >= 4 is 5.69 Å². The molecule has 1 aromatic rings. The number of hydrogen-bond donors (Lipinski definition) is 1. The summed E-state index contributed by atoms with van der Waals surface area (Å²) in [6.07, 6.45) is 1.22. The van der Waals surface area contributed by atoms with Crippen LogP contribution in [-0.4, -0.2) is 43.7 Å². The topological polar surface area (TPSA) is 50.5 Å². The van der Waals surface area contributed by atoms with E-state index >= 15 is 0 Å². The zero-order chi connectivity index (χ0) is 13.8. The highest BCUT2D eigenvalue weighted by atomic mass is 16.3. The molecule has 1 fully saturated rings. The van der Waals surface area contributed by atoms with Crippen LogP contribution in [-0.2, 0) is 6.61 Å². The van der Waals surface area contributed by atoms with Crippen LogP contribution in [0.3, 0.4) is 0 Å². The third-order valence-electron chi connectivity index (χ3n) is 3.80. The Balaban J connectivity index is 2.10. The summed E-state index contributed by atoms with van der Waals surface area (Å²) in [5, 5.41) is 18.3. The lowest BCUT2D eigenvalue weighted by Crippen LogP contribution is -2.27. The van der Waals surface area contributed by atoms with Crippen molar-refractivity contribution in [2.24, 2.45) is 5.92 Å². The van der Waals surface area contributed by atoms with Crippen molar-refractivity contribution in [1.82, 2.24) is 4.90 Å². The van der Waals surface area contributed by atoms with Gasteiger partial charge in [-0.1, -0.05) is 6.07 Å². The van der Waals surface area contributed by atoms with E-state index in [-0.39, 0.29) is 6.61 Å². The maximum atomic E-state index is 9.22. The minimum Gasteiger partial charge on any atom is -0.392 e. The first kappa shape index (κ1) is 13.9. The first-order chi connectivity index (χ1) is 9.13. The summed E-state index contributed by atoms with van der Waals surface area (Å²) in [6.45, 7) is 3.23. The van der Waals surface area contributed by atoms with Crippen molar-refractivity contribution in [2.75, 3.05) is 38.6 Å². The fraction of sp³-hybridized carbons (Fsp3) is 0.533. The maximum Gasteiger partial charge on any atom is 0.101 e. The largest absolute Gasteiger partial charge is 0.392 e. The number of hydrogen-bond acceptors (Lipinski definition) is 4. The Bertz CT molecular complexity index is 481. The molecule has 2 rings (SSSR count). The molecule has 0 bridgehead atoms. The van der Waals surface area contributed by atoms with Crippen molar-refractivity contribution in [3.05, 3.63) is 29.3 Å². The molecule has 1 atom stereocenters. The Morgan fingerprint density at radius 1 is 1.53 bits per heavy atom. The van der Waals surface area contributed by atoms with E-state index in [1.807, 2.05) is 19.2 Å². The van der Waals surface area contributed by atoms with E-state index in [0.29, 0.717) is 11.5 Å². The highest BCUT2D eigenvalue weighted by molar-refractivity contribution is 5.60. The number of benzene rings is 1. The molecule has 0 aromatic heterocycles. The molecule has 1 N–H and O–H groups in total. The number of likely N-dealkylation sites (tertiary alicyclic amines) is 1. The van der Waals surface area contributed by atoms with E-state index < -0.39 is 0 Å². The molecule has 0 aliphatic carbocycles. The number of nitrogens with zero attached hydrogens (tertiary/aromatic N) is 3. The normalized spacial score (nSPS) is 19.4. The summed E-state index contributed by atoms with van der Waals surface area (Å²) in [7, 11) is 4.18. The van der Waals surface area contributed by atoms with E-state index in [4.69, 9.17) is 5.11 Å². The SMILES string of the molecule is CN1CCC(CN(C)c2ccc(CO)cc2C#N)C1. The number of rotatable bonds is 4. The van der Waals surface area contributed by atoms with Gasteiger partial charge in [-0.05, 0) is 43.6 Å². The molecule has 1 heterocycles. The fourth-order valence-electron chi connectivity index (χ4n) is 2.76. The molecule has 0 saturated carbocycles. The van der Waals surface area contributed by atoms with Crippen LogP contribution in [0.2, 0.25) is 0 Å². The average Bonchev–Trinajstić information content (AvgIpc) is 2.83. The number of nitriles is 1. The molecule has 0 amide bonds. The summed E-state index contributed by atoms with van der Waals surface area (Å²) in [5.74, 6) is 0.666. The summed E-state index contributed by atoms with van der Waals surface area (Å²) in [4.78, 5) is 4.50. The van der Waals surface area contributed by atoms with Gasteiger partial charge in [-0.15, -0.1) is 0 Å². The van der Waals surface area contributed by atoms with Gasteiger partial charge in [0, 0.05) is 20.1 Å². The molecular formula is C15H21N3O. The van der Waals surface area contributed by atoms with Crippen LogP contribution in [0.4, 0.5) is 5.69 Å². The Kier molecular flexibility index (Phi) is 4.41. The molecule has 19 heavy (non-hydrogen) atoms. The second kappa shape index (κ2) is 6.05. The van der Waals surface area contributed by atoms with Crippen LogP contribution in [0.15, 0.2) is 18.2 Å². The van der Waals surface area contributed by atoms with Gasteiger partial charge in [0.25, 0.3) is 0 Å². The van der Waals surface area contributed by atoms with Crippen molar-refractivity contribution in [3.8, 4) is 6.07 Å². The molecule has 1 saturated heterocycles. The van der Waals surface area contributed by atoms with Crippen molar-refractivity contribution in [2.45, 2.75) is 13.0 Å². The molecule has 102 valence electrons. The van der Waals surface area contributed by atoms with Gasteiger partial charge in [-0.3, -0.25) is 0 Å². The highest BCUT2D eigenvalue weighted by Gasteiger charge is 2.21. The van der Waals surface area contributed by atoms with E-state index in [0.717, 1.165) is 30.9 Å². The molecule has 0 spiro atoms. The Hall–Kier alpha value is -1.57. The molecule has 1 aliphatic heterocycles. The minimum absolute atomic E-state index is 0.0217. The van der Waals surface area contributed by atoms with Crippen LogP contribution in [0.5, 0.6) is 0 Å². The van der Waals surface area contributed by atoms with E-state index in [1.165, 1.54) is 6.42 Å². The van der Waals surface area contributed by atoms with Crippen molar-refractivity contribution < 1.29 is 5.11 Å². The monoisotopic (exact) mass is 259 g/mol. The predicted octanol–water partition coefficient (Wildman–Crippen LogP) is 1.44. The second-order valence-electron chi connectivity index (χ2n) is 5.42. The van der Waals surface area contributed by atoms with Crippen LogP contribution in [0.1, 0.15) is 17.5 Å². The number of aliphatic hydroxyl groups is 1. The van der Waals surface area contributed by atoms with Crippen LogP contribution in [0.25, 0.3) is 0 Å². The van der Waals surface area contributed by atoms with Gasteiger partial charge >= 0.3 is 0 Å². The fourth-order valence-corrected chi connectivity index (χ4v) is 2.76. The Morgan fingerprint density at radius 2 is 2.32 bits per heavy atom. The average molecular weight is 259 g/mol. The third-order valence-corrected chi connectivity index (χ3v) is 3.80. The lowest BCUT2D eigenvalue weighted by Gasteiger charge is -2.24. The van der Waals surface area contributed by atoms with Crippen LogP contribution in [0, 0.1) is 17.2 Å². The van der Waals surface area contributed by atoms with Gasteiger partial charge in [0.1, 0.15) is 6.07 Å². The van der Waals surface area contributed by atoms with Gasteiger partial charge in [-0.25, -0.2) is 0 Å². The number of aliphatic hydroxyl groups excluding tert-OH is 1. The number of anilines is 1. The van der Waals surface area contributed by atoms with Gasteiger partial charge in [-0.2, -0.15) is 5.26 Å². The predicted molar refractivity (Wildman–Crippen MR) is 76.0 cm³/mol. The lowest BCUT2D eigenvalue weighted by atomic mass is 10.1. The Labute approximate surface area is 114 Å². The summed E-state index contributed by atoms with van der Waals surface area (Å²) in [6, 6.07) is 7.81. The maximum absolute atomic E-state index is 9.22. The molecule has 1 aliphatic rings. The molecular weight excluding hydrogens is 238 g/mol. The van der Waals surface area contributed by atoms with Crippen molar-refractivity contribution in [1.29, 1.82) is 5.26 Å². The summed E-state index contributed by atoms with van der Waals surface area (Å²) >= 11 is 0. The highest BCUT2D eigenvalue weighted by Crippen LogP contribution is 2.23. The van der Waals surface area contributed by atoms with E-state index in [9.17, 15) is 5.26 Å². The first-order valence-corrected chi connectivity index (χ1v) is 6.67. The summed E-state index contributed by atoms with van der Waals surface area (Å²) < 4.78 is 0. The molecule has 4 nitrogen and oxygen atoms in total. The van der Waals surface area contributed by atoms with Crippen molar-refractivity contribution in [3.63, 3.8) is 0 Å². The third kappa shape index (κ3) is 3.25. The quantitative estimate of drug-likeness (QED) is 0.889. The molecule has 4 heteroatoms. The zero-order valence-corrected chi connectivity index (χ0v) is 11.6. The lowest BCUT2D eigenvalue weighted by molar-refractivity contribution is 0.282. The molecule has 1 unspecified atom stereocenters. The van der Waals surface area contributed by atoms with Crippen LogP contribution >= 0.6 is 0 Å². The van der Waals surface area contributed by atoms with Crippen LogP contribution < -0.4 is 4.90 Å². The molecule has 0 radical (unpaired) electrons. The second-order valence-corrected chi connectivity index (χ2v) is 5.42.